The van der Waals surface area contributed by atoms with Gasteiger partial charge in [-0.3, -0.25) is 0 Å². The van der Waals surface area contributed by atoms with E-state index in [2.05, 4.69) is 46.6 Å². The average molecular weight is 391 g/mol. The van der Waals surface area contributed by atoms with Crippen LogP contribution in [0.3, 0.4) is 0 Å². The van der Waals surface area contributed by atoms with E-state index in [1.54, 1.807) is 0 Å². The molecular weight excluding hydrogens is 363 g/mol. The lowest BCUT2D eigenvalue weighted by Crippen LogP contribution is -2.35. The van der Waals surface area contributed by atoms with E-state index in [0.29, 0.717) is 16.0 Å². The highest BCUT2D eigenvalue weighted by Crippen LogP contribution is 2.30. The maximum atomic E-state index is 6.22. The Morgan fingerprint density at radius 1 is 1.04 bits per heavy atom. The summed E-state index contributed by atoms with van der Waals surface area (Å²) in [7, 11) is 2.01. The summed E-state index contributed by atoms with van der Waals surface area (Å²) >= 11 is 12.3. The number of likely N-dealkylation sites (tertiary alicyclic amines) is 1. The number of benzene rings is 2. The minimum absolute atomic E-state index is 0.460. The quantitative estimate of drug-likeness (QED) is 0.664. The number of hydrogen-bond donors (Lipinski definition) is 1. The van der Waals surface area contributed by atoms with Crippen molar-refractivity contribution in [2.45, 2.75) is 31.1 Å². The predicted octanol–water partition coefficient (Wildman–Crippen LogP) is 5.57. The van der Waals surface area contributed by atoms with Crippen LogP contribution >= 0.6 is 23.2 Å². The van der Waals surface area contributed by atoms with E-state index >= 15 is 0 Å². The molecule has 1 fully saturated rings. The first kappa shape index (κ1) is 19.7. The second kappa shape index (κ2) is 9.75. The second-order valence-electron chi connectivity index (χ2n) is 7.24. The van der Waals surface area contributed by atoms with Gasteiger partial charge in [0.1, 0.15) is 0 Å². The minimum atomic E-state index is 0.460. The van der Waals surface area contributed by atoms with Gasteiger partial charge in [0.15, 0.2) is 0 Å². The largest absolute Gasteiger partial charge is 0.319 e. The van der Waals surface area contributed by atoms with Gasteiger partial charge in [-0.2, -0.15) is 0 Å². The number of hydrogen-bond acceptors (Lipinski definition) is 2. The Hall–Kier alpha value is -1.06. The van der Waals surface area contributed by atoms with Gasteiger partial charge >= 0.3 is 0 Å². The maximum absolute atomic E-state index is 6.22. The molecule has 1 unspecified atom stereocenters. The van der Waals surface area contributed by atoms with Gasteiger partial charge in [0, 0.05) is 6.54 Å². The first-order valence-corrected chi connectivity index (χ1v) is 10.3. The number of likely N-dealkylation sites (N-methyl/N-ethyl adjacent to an activating group) is 1. The molecule has 0 spiro atoms. The molecule has 2 aromatic carbocycles. The van der Waals surface area contributed by atoms with Crippen molar-refractivity contribution in [1.29, 1.82) is 0 Å². The summed E-state index contributed by atoms with van der Waals surface area (Å²) in [5, 5.41) is 4.60. The van der Waals surface area contributed by atoms with Crippen molar-refractivity contribution in [1.82, 2.24) is 10.2 Å². The highest BCUT2D eigenvalue weighted by atomic mass is 35.5. The van der Waals surface area contributed by atoms with Crippen LogP contribution in [0, 0.1) is 0 Å². The number of halogens is 2. The first-order valence-electron chi connectivity index (χ1n) is 9.54. The molecule has 0 aliphatic carbocycles. The molecular formula is C22H28Cl2N2. The Labute approximate surface area is 167 Å². The molecule has 2 aromatic rings. The zero-order valence-electron chi connectivity index (χ0n) is 15.4. The summed E-state index contributed by atoms with van der Waals surface area (Å²) in [5.41, 5.74) is 2.77. The third kappa shape index (κ3) is 5.23. The molecule has 2 nitrogen and oxygen atoms in total. The summed E-state index contributed by atoms with van der Waals surface area (Å²) in [6, 6.07) is 17.0. The van der Waals surface area contributed by atoms with Crippen molar-refractivity contribution in [2.75, 3.05) is 33.2 Å². The van der Waals surface area contributed by atoms with Crippen molar-refractivity contribution in [2.24, 2.45) is 0 Å². The summed E-state index contributed by atoms with van der Waals surface area (Å²) in [5.74, 6) is 1.18. The normalized spacial score (nSPS) is 17.3. The number of nitrogens with one attached hydrogen (secondary N) is 1. The van der Waals surface area contributed by atoms with Crippen molar-refractivity contribution in [3.05, 3.63) is 69.7 Å². The van der Waals surface area contributed by atoms with Gasteiger partial charge in [-0.25, -0.2) is 0 Å². The fourth-order valence-electron chi connectivity index (χ4n) is 3.95. The molecule has 140 valence electrons. The van der Waals surface area contributed by atoms with Crippen LogP contribution in [0.4, 0.5) is 0 Å². The van der Waals surface area contributed by atoms with Gasteiger partial charge in [0.2, 0.25) is 0 Å². The van der Waals surface area contributed by atoms with Crippen molar-refractivity contribution < 1.29 is 0 Å². The molecule has 3 rings (SSSR count). The molecule has 0 aromatic heterocycles. The number of piperidine rings is 1. The van der Waals surface area contributed by atoms with E-state index in [1.165, 1.54) is 37.1 Å². The summed E-state index contributed by atoms with van der Waals surface area (Å²) in [6.45, 7) is 4.47. The fraction of sp³-hybridized carbons (Fsp3) is 0.455. The maximum Gasteiger partial charge on any atom is 0.0595 e. The standard InChI is InChI=1S/C22H28Cl2N2/c1-25-16-20(19-7-8-21(23)22(24)15-19)11-14-26-12-9-18(10-13-26)17-5-3-2-4-6-17/h2-8,15,18,20,25H,9-14,16H2,1H3. The predicted molar refractivity (Wildman–Crippen MR) is 113 cm³/mol. The Balaban J connectivity index is 1.53. The molecule has 1 aliphatic rings. The van der Waals surface area contributed by atoms with Gasteiger partial charge in [-0.05, 0) is 81.0 Å². The van der Waals surface area contributed by atoms with Crippen LogP contribution in [0.5, 0.6) is 0 Å². The molecule has 1 atom stereocenters. The lowest BCUT2D eigenvalue weighted by molar-refractivity contribution is 0.205. The fourth-order valence-corrected chi connectivity index (χ4v) is 4.26. The molecule has 1 heterocycles. The number of nitrogens with zero attached hydrogens (tertiary/aromatic N) is 1. The Morgan fingerprint density at radius 2 is 1.77 bits per heavy atom. The third-order valence-corrected chi connectivity index (χ3v) is 6.26. The molecule has 26 heavy (non-hydrogen) atoms. The third-order valence-electron chi connectivity index (χ3n) is 5.52. The van der Waals surface area contributed by atoms with Crippen LogP contribution in [-0.2, 0) is 0 Å². The molecule has 1 aliphatic heterocycles. The van der Waals surface area contributed by atoms with Gasteiger partial charge in [0.05, 0.1) is 10.0 Å². The topological polar surface area (TPSA) is 15.3 Å². The van der Waals surface area contributed by atoms with E-state index in [9.17, 15) is 0 Å². The van der Waals surface area contributed by atoms with Gasteiger partial charge in [-0.15, -0.1) is 0 Å². The highest BCUT2D eigenvalue weighted by molar-refractivity contribution is 6.42. The molecule has 4 heteroatoms. The van der Waals surface area contributed by atoms with Crippen LogP contribution < -0.4 is 5.32 Å². The monoisotopic (exact) mass is 390 g/mol. The SMILES string of the molecule is CNCC(CCN1CCC(c2ccccc2)CC1)c1ccc(Cl)c(Cl)c1. The Bertz CT molecular complexity index is 682. The van der Waals surface area contributed by atoms with Gasteiger partial charge in [0.25, 0.3) is 0 Å². The molecule has 0 amide bonds. The summed E-state index contributed by atoms with van der Waals surface area (Å²) < 4.78 is 0. The molecule has 0 radical (unpaired) electrons. The summed E-state index contributed by atoms with van der Waals surface area (Å²) in [4.78, 5) is 2.61. The van der Waals surface area contributed by atoms with Crippen LogP contribution in [-0.4, -0.2) is 38.1 Å². The van der Waals surface area contributed by atoms with Crippen LogP contribution in [0.1, 0.15) is 42.2 Å². The smallest absolute Gasteiger partial charge is 0.0595 e. The second-order valence-corrected chi connectivity index (χ2v) is 8.06. The Morgan fingerprint density at radius 3 is 2.42 bits per heavy atom. The lowest BCUT2D eigenvalue weighted by Gasteiger charge is -2.33. The van der Waals surface area contributed by atoms with E-state index in [1.807, 2.05) is 19.2 Å². The molecule has 1 saturated heterocycles. The highest BCUT2D eigenvalue weighted by Gasteiger charge is 2.21. The van der Waals surface area contributed by atoms with Gasteiger partial charge < -0.3 is 10.2 Å². The molecule has 1 N–H and O–H groups in total. The summed E-state index contributed by atoms with van der Waals surface area (Å²) in [6.07, 6.45) is 3.65. The first-order chi connectivity index (χ1) is 12.7. The van der Waals surface area contributed by atoms with Crippen LogP contribution in [0.25, 0.3) is 0 Å². The Kier molecular flexibility index (Phi) is 7.39. The zero-order valence-corrected chi connectivity index (χ0v) is 16.9. The minimum Gasteiger partial charge on any atom is -0.319 e. The van der Waals surface area contributed by atoms with E-state index in [-0.39, 0.29) is 0 Å². The van der Waals surface area contributed by atoms with E-state index < -0.39 is 0 Å². The molecule has 0 bridgehead atoms. The van der Waals surface area contributed by atoms with E-state index in [0.717, 1.165) is 25.4 Å². The zero-order chi connectivity index (χ0) is 18.4. The van der Waals surface area contributed by atoms with Crippen molar-refractivity contribution in [3.8, 4) is 0 Å². The van der Waals surface area contributed by atoms with Crippen LogP contribution in [0.15, 0.2) is 48.5 Å². The van der Waals surface area contributed by atoms with E-state index in [4.69, 9.17) is 23.2 Å². The van der Waals surface area contributed by atoms with Crippen molar-refractivity contribution in [3.63, 3.8) is 0 Å². The van der Waals surface area contributed by atoms with Crippen molar-refractivity contribution >= 4 is 23.2 Å². The van der Waals surface area contributed by atoms with Crippen LogP contribution in [0.2, 0.25) is 10.0 Å². The lowest BCUT2D eigenvalue weighted by atomic mass is 9.89. The van der Waals surface area contributed by atoms with Gasteiger partial charge in [-0.1, -0.05) is 59.6 Å². The molecule has 0 saturated carbocycles. The number of rotatable bonds is 7. The average Bonchev–Trinajstić information content (AvgIpc) is 2.68.